The van der Waals surface area contributed by atoms with Gasteiger partial charge in [0.15, 0.2) is 5.60 Å². The van der Waals surface area contributed by atoms with Crippen LogP contribution >= 0.6 is 0 Å². The van der Waals surface area contributed by atoms with Crippen LogP contribution in [0.5, 0.6) is 0 Å². The molecule has 0 unspecified atom stereocenters. The van der Waals surface area contributed by atoms with Gasteiger partial charge < -0.3 is 18.8 Å². The molecule has 2 aromatic heterocycles. The highest BCUT2D eigenvalue weighted by Crippen LogP contribution is 2.51. The van der Waals surface area contributed by atoms with Crippen LogP contribution in [-0.4, -0.2) is 48.9 Å². The normalized spacial score (nSPS) is 28.8. The minimum absolute atomic E-state index is 0.00668. The van der Waals surface area contributed by atoms with Crippen molar-refractivity contribution in [2.45, 2.75) is 63.2 Å². The number of benzene rings is 1. The van der Waals surface area contributed by atoms with E-state index in [-0.39, 0.29) is 24.3 Å². The molecule has 1 spiro atoms. The molecule has 1 saturated carbocycles. The molecule has 4 heterocycles. The van der Waals surface area contributed by atoms with Gasteiger partial charge >= 0.3 is 0 Å². The van der Waals surface area contributed by atoms with Crippen LogP contribution in [0, 0.1) is 6.92 Å². The van der Waals surface area contributed by atoms with Crippen LogP contribution in [0.15, 0.2) is 47.3 Å². The van der Waals surface area contributed by atoms with Crippen molar-refractivity contribution in [2.24, 2.45) is 0 Å². The molecule has 6 rings (SSSR count). The molecule has 1 amide bonds. The average molecular weight is 433 g/mol. The number of rotatable bonds is 5. The highest BCUT2D eigenvalue weighted by Gasteiger charge is 2.63. The summed E-state index contributed by atoms with van der Waals surface area (Å²) in [6.07, 6.45) is 7.75. The summed E-state index contributed by atoms with van der Waals surface area (Å²) in [5, 5.41) is 7.89. The van der Waals surface area contributed by atoms with E-state index in [1.165, 1.54) is 0 Å². The van der Waals surface area contributed by atoms with Crippen molar-refractivity contribution in [1.82, 2.24) is 25.1 Å². The van der Waals surface area contributed by atoms with Gasteiger partial charge in [-0.25, -0.2) is 0 Å². The fourth-order valence-electron chi connectivity index (χ4n) is 4.92. The van der Waals surface area contributed by atoms with Crippen LogP contribution < -0.4 is 0 Å². The third-order valence-corrected chi connectivity index (χ3v) is 6.57. The summed E-state index contributed by atoms with van der Waals surface area (Å²) in [5.74, 6) is 1.11. The molecule has 2 atom stereocenters. The Labute approximate surface area is 184 Å². The standard InChI is InChI=1S/C23H23N5O4/c1-14-26-27-21(31-14)16-4-2-15(3-5-16)13-30-17-10-23(11-17)22(29)28-19(6-7-20(28)32-23)18-12-24-8-9-25-18/h2-5,8-9,12,17,19-20H,6-7,10-11,13H2,1H3/t17?,19-,20+,23?/m0/s1. The maximum absolute atomic E-state index is 13.2. The van der Waals surface area contributed by atoms with Crippen molar-refractivity contribution >= 4 is 5.91 Å². The van der Waals surface area contributed by atoms with Gasteiger partial charge in [-0.15, -0.1) is 10.2 Å². The lowest BCUT2D eigenvalue weighted by Gasteiger charge is -2.42. The van der Waals surface area contributed by atoms with Crippen molar-refractivity contribution in [3.63, 3.8) is 0 Å². The van der Waals surface area contributed by atoms with Crippen LogP contribution in [0.1, 0.15) is 48.9 Å². The molecule has 9 nitrogen and oxygen atoms in total. The van der Waals surface area contributed by atoms with E-state index in [1.54, 1.807) is 25.5 Å². The minimum Gasteiger partial charge on any atom is -0.421 e. The molecular formula is C23H23N5O4. The minimum atomic E-state index is -0.740. The molecule has 32 heavy (non-hydrogen) atoms. The maximum atomic E-state index is 13.2. The van der Waals surface area contributed by atoms with Gasteiger partial charge in [-0.3, -0.25) is 14.8 Å². The van der Waals surface area contributed by atoms with Crippen molar-refractivity contribution < 1.29 is 18.7 Å². The lowest BCUT2D eigenvalue weighted by atomic mass is 9.76. The molecule has 3 aliphatic rings. The number of amides is 1. The summed E-state index contributed by atoms with van der Waals surface area (Å²) in [4.78, 5) is 23.7. The number of carbonyl (C=O) groups excluding carboxylic acids is 1. The first-order chi connectivity index (χ1) is 15.6. The molecule has 2 aliphatic heterocycles. The highest BCUT2D eigenvalue weighted by molar-refractivity contribution is 5.89. The van der Waals surface area contributed by atoms with Crippen LogP contribution in [-0.2, 0) is 20.9 Å². The molecule has 1 aliphatic carbocycles. The Morgan fingerprint density at radius 2 is 2.00 bits per heavy atom. The fourth-order valence-corrected chi connectivity index (χ4v) is 4.92. The highest BCUT2D eigenvalue weighted by atomic mass is 16.6. The fraction of sp³-hybridized carbons (Fsp3) is 0.435. The van der Waals surface area contributed by atoms with E-state index in [0.29, 0.717) is 31.2 Å². The Kier molecular flexibility index (Phi) is 4.55. The number of ether oxygens (including phenoxy) is 2. The number of hydrogen-bond donors (Lipinski definition) is 0. The van der Waals surface area contributed by atoms with E-state index in [4.69, 9.17) is 13.9 Å². The molecule has 3 fully saturated rings. The van der Waals surface area contributed by atoms with Gasteiger partial charge in [0.05, 0.1) is 30.6 Å². The molecule has 2 saturated heterocycles. The van der Waals surface area contributed by atoms with Crippen molar-refractivity contribution in [2.75, 3.05) is 0 Å². The van der Waals surface area contributed by atoms with E-state index in [9.17, 15) is 4.79 Å². The zero-order valence-corrected chi connectivity index (χ0v) is 17.7. The summed E-state index contributed by atoms with van der Waals surface area (Å²) in [6, 6.07) is 7.81. The Hall–Kier alpha value is -3.17. The average Bonchev–Trinajstić information content (AvgIpc) is 3.48. The molecule has 0 bridgehead atoms. The van der Waals surface area contributed by atoms with Crippen molar-refractivity contribution in [3.05, 3.63) is 60.0 Å². The Morgan fingerprint density at radius 1 is 1.16 bits per heavy atom. The number of hydrogen-bond acceptors (Lipinski definition) is 8. The summed E-state index contributed by atoms with van der Waals surface area (Å²) in [7, 11) is 0. The molecule has 0 N–H and O–H groups in total. The molecule has 164 valence electrons. The number of aryl methyl sites for hydroxylation is 1. The maximum Gasteiger partial charge on any atom is 0.257 e. The van der Waals surface area contributed by atoms with Crippen LogP contribution in [0.3, 0.4) is 0 Å². The lowest BCUT2D eigenvalue weighted by molar-refractivity contribution is -0.177. The molecule has 3 aromatic rings. The van der Waals surface area contributed by atoms with Gasteiger partial charge in [-0.2, -0.15) is 0 Å². The van der Waals surface area contributed by atoms with Crippen LogP contribution in [0.25, 0.3) is 11.5 Å². The summed E-state index contributed by atoms with van der Waals surface area (Å²) in [6.45, 7) is 2.25. The van der Waals surface area contributed by atoms with Gasteiger partial charge in [0.2, 0.25) is 11.8 Å². The van der Waals surface area contributed by atoms with E-state index in [2.05, 4.69) is 20.2 Å². The van der Waals surface area contributed by atoms with Gasteiger partial charge in [0, 0.05) is 37.7 Å². The summed E-state index contributed by atoms with van der Waals surface area (Å²) in [5.41, 5.74) is 2.01. The SMILES string of the molecule is Cc1nnc(-c2ccc(COC3CC4(C3)O[C@@H]3CC[C@@H](c5cnccn5)N3C4=O)cc2)o1. The predicted octanol–water partition coefficient (Wildman–Crippen LogP) is 2.97. The third-order valence-electron chi connectivity index (χ3n) is 6.57. The quantitative estimate of drug-likeness (QED) is 0.605. The van der Waals surface area contributed by atoms with Gasteiger partial charge in [0.1, 0.15) is 6.23 Å². The molecule has 9 heteroatoms. The van der Waals surface area contributed by atoms with E-state index >= 15 is 0 Å². The smallest absolute Gasteiger partial charge is 0.257 e. The summed E-state index contributed by atoms with van der Waals surface area (Å²) >= 11 is 0. The number of carbonyl (C=O) groups is 1. The second-order valence-corrected chi connectivity index (χ2v) is 8.67. The van der Waals surface area contributed by atoms with Crippen LogP contribution in [0.4, 0.5) is 0 Å². The van der Waals surface area contributed by atoms with E-state index in [0.717, 1.165) is 29.7 Å². The molecule has 0 radical (unpaired) electrons. The van der Waals surface area contributed by atoms with Crippen LogP contribution in [0.2, 0.25) is 0 Å². The zero-order valence-electron chi connectivity index (χ0n) is 17.7. The predicted molar refractivity (Wildman–Crippen MR) is 111 cm³/mol. The van der Waals surface area contributed by atoms with Gasteiger partial charge in [0.25, 0.3) is 5.91 Å². The number of aromatic nitrogens is 4. The van der Waals surface area contributed by atoms with Gasteiger partial charge in [-0.1, -0.05) is 12.1 Å². The lowest BCUT2D eigenvalue weighted by Crippen LogP contribution is -2.54. The Bertz CT molecular complexity index is 1130. The first kappa shape index (κ1) is 19.5. The first-order valence-corrected chi connectivity index (χ1v) is 10.9. The largest absolute Gasteiger partial charge is 0.421 e. The second-order valence-electron chi connectivity index (χ2n) is 8.67. The molecule has 1 aromatic carbocycles. The van der Waals surface area contributed by atoms with Crippen molar-refractivity contribution in [1.29, 1.82) is 0 Å². The Morgan fingerprint density at radius 3 is 2.72 bits per heavy atom. The Balaban J connectivity index is 1.06. The molecular weight excluding hydrogens is 410 g/mol. The number of nitrogens with zero attached hydrogens (tertiary/aromatic N) is 5. The second kappa shape index (κ2) is 7.46. The van der Waals surface area contributed by atoms with Gasteiger partial charge in [-0.05, 0) is 30.5 Å². The zero-order chi connectivity index (χ0) is 21.7. The van der Waals surface area contributed by atoms with E-state index < -0.39 is 5.60 Å². The number of fused-ring (bicyclic) bond motifs is 1. The van der Waals surface area contributed by atoms with E-state index in [1.807, 2.05) is 29.2 Å². The third kappa shape index (κ3) is 3.20. The summed E-state index contributed by atoms with van der Waals surface area (Å²) < 4.78 is 17.8. The monoisotopic (exact) mass is 433 g/mol. The first-order valence-electron chi connectivity index (χ1n) is 10.9. The van der Waals surface area contributed by atoms with Crippen molar-refractivity contribution in [3.8, 4) is 11.5 Å². The topological polar surface area (TPSA) is 103 Å².